The first-order chi connectivity index (χ1) is 16.9. The van der Waals surface area contributed by atoms with Gasteiger partial charge in [-0.2, -0.15) is 0 Å². The van der Waals surface area contributed by atoms with Gasteiger partial charge in [0, 0.05) is 31.6 Å². The fraction of sp³-hybridized carbons (Fsp3) is 0.793. The van der Waals surface area contributed by atoms with Gasteiger partial charge in [-0.1, -0.05) is 26.3 Å². The van der Waals surface area contributed by atoms with Crippen LogP contribution in [0.3, 0.4) is 0 Å². The highest BCUT2D eigenvalue weighted by Crippen LogP contribution is 2.67. The number of carbonyl (C=O) groups excluding carboxylic acids is 4. The summed E-state index contributed by atoms with van der Waals surface area (Å²) in [6.07, 6.45) is 7.29. The fourth-order valence-corrected chi connectivity index (χ4v) is 8.60. The number of carbonyl (C=O) groups is 4. The van der Waals surface area contributed by atoms with Crippen molar-refractivity contribution in [3.8, 4) is 0 Å². The molecule has 0 bridgehead atoms. The minimum absolute atomic E-state index is 0.149. The predicted molar refractivity (Wildman–Crippen MR) is 132 cm³/mol. The van der Waals surface area contributed by atoms with E-state index in [9.17, 15) is 19.2 Å². The molecule has 4 rings (SSSR count). The second kappa shape index (κ2) is 9.94. The number of rotatable bonds is 6. The third-order valence-corrected chi connectivity index (χ3v) is 10.4. The highest BCUT2D eigenvalue weighted by molar-refractivity contribution is 5.94. The number of hydrogen-bond acceptors (Lipinski definition) is 7. The molecule has 0 aromatic rings. The standard InChI is InChI=1S/C29H42O7/c1-16(7-10-27(33)34-6)21-8-9-22-20-14-25(32)24-13-19(35-17(2)30)11-12-28(24,4)23(20)15-26(29(21,22)5)36-18(3)31/h14,16,19,21-24,26H,7-13,15H2,1-6H3. The van der Waals surface area contributed by atoms with E-state index in [1.165, 1.54) is 26.5 Å². The highest BCUT2D eigenvalue weighted by Gasteiger charge is 2.64. The van der Waals surface area contributed by atoms with Gasteiger partial charge in [0.05, 0.1) is 7.11 Å². The zero-order chi connectivity index (χ0) is 26.4. The van der Waals surface area contributed by atoms with Gasteiger partial charge < -0.3 is 14.2 Å². The lowest BCUT2D eigenvalue weighted by Crippen LogP contribution is -2.57. The van der Waals surface area contributed by atoms with Gasteiger partial charge in [-0.15, -0.1) is 0 Å². The summed E-state index contributed by atoms with van der Waals surface area (Å²) in [6, 6.07) is 0. The summed E-state index contributed by atoms with van der Waals surface area (Å²) in [7, 11) is 1.41. The Morgan fingerprint density at radius 3 is 2.33 bits per heavy atom. The highest BCUT2D eigenvalue weighted by atomic mass is 16.5. The lowest BCUT2D eigenvalue weighted by Gasteiger charge is -2.59. The van der Waals surface area contributed by atoms with E-state index in [1.54, 1.807) is 0 Å². The van der Waals surface area contributed by atoms with Gasteiger partial charge >= 0.3 is 17.9 Å². The van der Waals surface area contributed by atoms with Gasteiger partial charge in [0.15, 0.2) is 5.78 Å². The molecule has 0 radical (unpaired) electrons. The molecule has 3 fully saturated rings. The molecule has 36 heavy (non-hydrogen) atoms. The summed E-state index contributed by atoms with van der Waals surface area (Å²) < 4.78 is 16.5. The van der Waals surface area contributed by atoms with Crippen molar-refractivity contribution < 1.29 is 33.4 Å². The first-order valence-corrected chi connectivity index (χ1v) is 13.6. The van der Waals surface area contributed by atoms with Gasteiger partial charge in [-0.3, -0.25) is 19.2 Å². The molecule has 9 atom stereocenters. The summed E-state index contributed by atoms with van der Waals surface area (Å²) in [6.45, 7) is 9.55. The van der Waals surface area contributed by atoms with Crippen molar-refractivity contribution in [3.63, 3.8) is 0 Å². The Bertz CT molecular complexity index is 953. The Balaban J connectivity index is 1.67. The molecule has 200 valence electrons. The molecule has 4 aliphatic carbocycles. The van der Waals surface area contributed by atoms with E-state index in [4.69, 9.17) is 14.2 Å². The largest absolute Gasteiger partial charge is 0.469 e. The Kier molecular flexibility index (Phi) is 7.42. The maximum absolute atomic E-state index is 13.5. The van der Waals surface area contributed by atoms with E-state index < -0.39 is 0 Å². The third-order valence-electron chi connectivity index (χ3n) is 10.4. The van der Waals surface area contributed by atoms with Crippen LogP contribution in [0.1, 0.15) is 86.0 Å². The minimum atomic E-state index is -0.301. The second-order valence-corrected chi connectivity index (χ2v) is 12.2. The maximum Gasteiger partial charge on any atom is 0.305 e. The van der Waals surface area contributed by atoms with Crippen LogP contribution in [0.4, 0.5) is 0 Å². The summed E-state index contributed by atoms with van der Waals surface area (Å²) in [5.74, 6) is 0.0424. The van der Waals surface area contributed by atoms with Crippen LogP contribution in [0.2, 0.25) is 0 Å². The number of ketones is 1. The molecule has 0 N–H and O–H groups in total. The molecule has 0 heterocycles. The molecule has 0 aliphatic heterocycles. The average molecular weight is 503 g/mol. The van der Waals surface area contributed by atoms with Gasteiger partial charge in [0.25, 0.3) is 0 Å². The fourth-order valence-electron chi connectivity index (χ4n) is 8.60. The van der Waals surface area contributed by atoms with Crippen molar-refractivity contribution in [3.05, 3.63) is 11.6 Å². The summed E-state index contributed by atoms with van der Waals surface area (Å²) in [4.78, 5) is 49.2. The van der Waals surface area contributed by atoms with E-state index in [-0.39, 0.29) is 76.3 Å². The zero-order valence-corrected chi connectivity index (χ0v) is 22.6. The van der Waals surface area contributed by atoms with Gasteiger partial charge in [-0.05, 0) is 80.1 Å². The SMILES string of the molecule is COC(=O)CCC(C)C1CCC2C3=CC(=O)C4CC(OC(C)=O)CCC4(C)C3CC(OC(C)=O)C21C. The summed E-state index contributed by atoms with van der Waals surface area (Å²) in [5.41, 5.74) is 0.701. The number of esters is 3. The Labute approximate surface area is 214 Å². The molecule has 0 aromatic carbocycles. The van der Waals surface area contributed by atoms with E-state index in [0.717, 1.165) is 32.1 Å². The second-order valence-electron chi connectivity index (χ2n) is 12.2. The molecule has 4 aliphatic rings. The molecular formula is C29H42O7. The van der Waals surface area contributed by atoms with Crippen molar-refractivity contribution in [1.29, 1.82) is 0 Å². The number of methoxy groups -OCH3 is 1. The van der Waals surface area contributed by atoms with Crippen molar-refractivity contribution >= 4 is 23.7 Å². The minimum Gasteiger partial charge on any atom is -0.469 e. The van der Waals surface area contributed by atoms with Crippen molar-refractivity contribution in [2.45, 2.75) is 98.2 Å². The molecule has 7 heteroatoms. The Morgan fingerprint density at radius 2 is 1.69 bits per heavy atom. The van der Waals surface area contributed by atoms with Crippen LogP contribution in [-0.4, -0.2) is 43.0 Å². The quantitative estimate of drug-likeness (QED) is 0.380. The summed E-state index contributed by atoms with van der Waals surface area (Å²) >= 11 is 0. The molecule has 0 aromatic heterocycles. The van der Waals surface area contributed by atoms with Crippen molar-refractivity contribution in [2.75, 3.05) is 7.11 Å². The Morgan fingerprint density at radius 1 is 1.00 bits per heavy atom. The first kappa shape index (κ1) is 26.9. The topological polar surface area (TPSA) is 96.0 Å². The summed E-state index contributed by atoms with van der Waals surface area (Å²) in [5, 5.41) is 0. The smallest absolute Gasteiger partial charge is 0.305 e. The van der Waals surface area contributed by atoms with E-state index in [2.05, 4.69) is 20.8 Å². The maximum atomic E-state index is 13.5. The molecular weight excluding hydrogens is 460 g/mol. The monoisotopic (exact) mass is 502 g/mol. The third kappa shape index (κ3) is 4.51. The molecule has 0 amide bonds. The Hall–Kier alpha value is -2.18. The van der Waals surface area contributed by atoms with Crippen LogP contribution < -0.4 is 0 Å². The predicted octanol–water partition coefficient (Wildman–Crippen LogP) is 4.81. The number of hydrogen-bond donors (Lipinski definition) is 0. The van der Waals surface area contributed by atoms with Crippen LogP contribution in [0.15, 0.2) is 11.6 Å². The van der Waals surface area contributed by atoms with Gasteiger partial charge in [0.1, 0.15) is 12.2 Å². The van der Waals surface area contributed by atoms with Crippen LogP contribution >= 0.6 is 0 Å². The molecule has 0 saturated heterocycles. The van der Waals surface area contributed by atoms with Crippen LogP contribution in [0, 0.1) is 40.4 Å². The van der Waals surface area contributed by atoms with E-state index in [1.807, 2.05) is 6.08 Å². The van der Waals surface area contributed by atoms with Crippen molar-refractivity contribution in [1.82, 2.24) is 0 Å². The zero-order valence-electron chi connectivity index (χ0n) is 22.6. The van der Waals surface area contributed by atoms with Crippen LogP contribution in [0.5, 0.6) is 0 Å². The number of ether oxygens (including phenoxy) is 3. The normalized spacial score (nSPS) is 40.2. The van der Waals surface area contributed by atoms with Gasteiger partial charge in [-0.25, -0.2) is 0 Å². The number of allylic oxidation sites excluding steroid dienone is 2. The van der Waals surface area contributed by atoms with E-state index in [0.29, 0.717) is 19.3 Å². The van der Waals surface area contributed by atoms with Gasteiger partial charge in [0.2, 0.25) is 0 Å². The van der Waals surface area contributed by atoms with Crippen LogP contribution in [0.25, 0.3) is 0 Å². The number of fused-ring (bicyclic) bond motifs is 5. The molecule has 3 saturated carbocycles. The first-order valence-electron chi connectivity index (χ1n) is 13.6. The molecule has 9 unspecified atom stereocenters. The lowest BCUT2D eigenvalue weighted by molar-refractivity contribution is -0.170. The average Bonchev–Trinajstić information content (AvgIpc) is 3.17. The van der Waals surface area contributed by atoms with Crippen molar-refractivity contribution in [2.24, 2.45) is 40.4 Å². The molecule has 0 spiro atoms. The van der Waals surface area contributed by atoms with Crippen LogP contribution in [-0.2, 0) is 33.4 Å². The van der Waals surface area contributed by atoms with E-state index >= 15 is 0 Å². The lowest BCUT2D eigenvalue weighted by atomic mass is 9.46. The molecule has 7 nitrogen and oxygen atoms in total.